The number of aryl methyl sites for hydroxylation is 1. The van der Waals surface area contributed by atoms with E-state index >= 15 is 0 Å². The van der Waals surface area contributed by atoms with E-state index in [1.54, 1.807) is 0 Å². The van der Waals surface area contributed by atoms with Gasteiger partial charge >= 0.3 is 6.09 Å². The van der Waals surface area contributed by atoms with Crippen molar-refractivity contribution in [2.45, 2.75) is 13.5 Å². The summed E-state index contributed by atoms with van der Waals surface area (Å²) >= 11 is 1.45. The van der Waals surface area contributed by atoms with Gasteiger partial charge in [0.15, 0.2) is 0 Å². The second kappa shape index (κ2) is 4.01. The summed E-state index contributed by atoms with van der Waals surface area (Å²) in [7, 11) is 1.32. The minimum Gasteiger partial charge on any atom is -0.453 e. The Hall–Kier alpha value is -1.17. The number of aromatic nitrogens is 2. The minimum absolute atomic E-state index is 0.373. The molecule has 5 nitrogen and oxygen atoms in total. The van der Waals surface area contributed by atoms with Gasteiger partial charge in [0, 0.05) is 0 Å². The van der Waals surface area contributed by atoms with Gasteiger partial charge < -0.3 is 10.1 Å². The molecule has 0 saturated carbocycles. The van der Waals surface area contributed by atoms with E-state index in [4.69, 9.17) is 0 Å². The molecule has 1 aromatic heterocycles. The highest BCUT2D eigenvalue weighted by Crippen LogP contribution is 2.06. The molecule has 0 aliphatic heterocycles. The molecule has 6 heteroatoms. The summed E-state index contributed by atoms with van der Waals surface area (Å²) in [6.45, 7) is 2.23. The summed E-state index contributed by atoms with van der Waals surface area (Å²) in [4.78, 5) is 10.6. The predicted octanol–water partition coefficient (Wildman–Crippen LogP) is 0.703. The molecule has 1 heterocycles. The molecule has 0 saturated heterocycles. The first kappa shape index (κ1) is 8.92. The van der Waals surface area contributed by atoms with Crippen LogP contribution in [0, 0.1) is 6.92 Å². The quantitative estimate of drug-likeness (QED) is 0.740. The summed E-state index contributed by atoms with van der Waals surface area (Å²) in [5.74, 6) is 0. The highest BCUT2D eigenvalue weighted by Gasteiger charge is 2.02. The largest absolute Gasteiger partial charge is 0.453 e. The summed E-state index contributed by atoms with van der Waals surface area (Å²) in [5.41, 5.74) is 0. The Morgan fingerprint density at radius 1 is 1.67 bits per heavy atom. The Kier molecular flexibility index (Phi) is 2.98. The summed E-state index contributed by atoms with van der Waals surface area (Å²) < 4.78 is 4.39. The lowest BCUT2D eigenvalue weighted by Crippen LogP contribution is -2.22. The van der Waals surface area contributed by atoms with Crippen LogP contribution in [-0.2, 0) is 11.3 Å². The highest BCUT2D eigenvalue weighted by molar-refractivity contribution is 7.11. The van der Waals surface area contributed by atoms with Crippen molar-refractivity contribution in [2.24, 2.45) is 0 Å². The van der Waals surface area contributed by atoms with E-state index in [2.05, 4.69) is 20.3 Å². The van der Waals surface area contributed by atoms with E-state index in [1.165, 1.54) is 18.4 Å². The maximum absolute atomic E-state index is 10.6. The van der Waals surface area contributed by atoms with E-state index in [0.29, 0.717) is 6.54 Å². The maximum atomic E-state index is 10.6. The number of nitrogens with one attached hydrogen (secondary N) is 1. The van der Waals surface area contributed by atoms with Crippen LogP contribution in [0.3, 0.4) is 0 Å². The topological polar surface area (TPSA) is 64.1 Å². The van der Waals surface area contributed by atoms with Gasteiger partial charge in [0.05, 0.1) is 13.7 Å². The van der Waals surface area contributed by atoms with Gasteiger partial charge in [-0.1, -0.05) is 11.3 Å². The molecule has 0 aliphatic rings. The van der Waals surface area contributed by atoms with Crippen LogP contribution in [0.15, 0.2) is 0 Å². The van der Waals surface area contributed by atoms with Gasteiger partial charge in [-0.15, -0.1) is 10.2 Å². The molecule has 0 fully saturated rings. The molecule has 0 aromatic carbocycles. The van der Waals surface area contributed by atoms with E-state index < -0.39 is 6.09 Å². The average molecular weight is 187 g/mol. The molecule has 1 N–H and O–H groups in total. The molecule has 0 spiro atoms. The Balaban J connectivity index is 2.38. The van der Waals surface area contributed by atoms with Crippen LogP contribution in [0.1, 0.15) is 10.0 Å². The molecule has 1 amide bonds. The van der Waals surface area contributed by atoms with Gasteiger partial charge in [0.2, 0.25) is 0 Å². The van der Waals surface area contributed by atoms with Crippen LogP contribution in [0.5, 0.6) is 0 Å². The zero-order chi connectivity index (χ0) is 8.97. The molecule has 0 atom stereocenters. The third-order valence-electron chi connectivity index (χ3n) is 1.14. The number of amides is 1. The summed E-state index contributed by atoms with van der Waals surface area (Å²) in [6.07, 6.45) is -0.456. The van der Waals surface area contributed by atoms with Gasteiger partial charge in [-0.25, -0.2) is 4.79 Å². The van der Waals surface area contributed by atoms with Crippen molar-refractivity contribution in [3.8, 4) is 0 Å². The summed E-state index contributed by atoms with van der Waals surface area (Å²) in [5, 5.41) is 11.8. The first-order chi connectivity index (χ1) is 5.72. The number of alkyl carbamates (subject to hydrolysis) is 1. The normalized spacial score (nSPS) is 9.50. The number of hydrogen-bond acceptors (Lipinski definition) is 5. The number of rotatable bonds is 2. The third kappa shape index (κ3) is 2.46. The van der Waals surface area contributed by atoms with Crippen LogP contribution in [-0.4, -0.2) is 23.4 Å². The second-order valence-electron chi connectivity index (χ2n) is 2.06. The van der Waals surface area contributed by atoms with Gasteiger partial charge in [-0.2, -0.15) is 0 Å². The fourth-order valence-electron chi connectivity index (χ4n) is 0.629. The molecule has 0 aliphatic carbocycles. The van der Waals surface area contributed by atoms with Crippen molar-refractivity contribution < 1.29 is 9.53 Å². The number of ether oxygens (including phenoxy) is 1. The van der Waals surface area contributed by atoms with E-state index in [9.17, 15) is 4.79 Å². The number of hydrogen-bond donors (Lipinski definition) is 1. The average Bonchev–Trinajstić information content (AvgIpc) is 2.47. The van der Waals surface area contributed by atoms with Crippen LogP contribution in [0.4, 0.5) is 4.79 Å². The first-order valence-corrected chi connectivity index (χ1v) is 4.15. The predicted molar refractivity (Wildman–Crippen MR) is 43.9 cm³/mol. The number of carbonyl (C=O) groups excluding carboxylic acids is 1. The molecule has 0 radical (unpaired) electrons. The van der Waals surface area contributed by atoms with Crippen LogP contribution >= 0.6 is 11.3 Å². The van der Waals surface area contributed by atoms with Crippen molar-refractivity contribution >= 4 is 17.4 Å². The third-order valence-corrected chi connectivity index (χ3v) is 1.98. The molecule has 12 heavy (non-hydrogen) atoms. The van der Waals surface area contributed by atoms with E-state index in [1.807, 2.05) is 6.92 Å². The Morgan fingerprint density at radius 3 is 2.92 bits per heavy atom. The van der Waals surface area contributed by atoms with Crippen LogP contribution in [0.25, 0.3) is 0 Å². The van der Waals surface area contributed by atoms with Crippen LogP contribution in [0.2, 0.25) is 0 Å². The molecular weight excluding hydrogens is 178 g/mol. The molecule has 1 aromatic rings. The van der Waals surface area contributed by atoms with Crippen molar-refractivity contribution in [2.75, 3.05) is 7.11 Å². The van der Waals surface area contributed by atoms with Gasteiger partial charge in [0.1, 0.15) is 10.0 Å². The number of methoxy groups -OCH3 is 1. The van der Waals surface area contributed by atoms with Gasteiger partial charge in [-0.3, -0.25) is 0 Å². The lowest BCUT2D eigenvalue weighted by Gasteiger charge is -1.98. The molecule has 1 rings (SSSR count). The Labute approximate surface area is 73.8 Å². The monoisotopic (exact) mass is 187 g/mol. The van der Waals surface area contributed by atoms with Gasteiger partial charge in [0.25, 0.3) is 0 Å². The van der Waals surface area contributed by atoms with Crippen molar-refractivity contribution in [1.29, 1.82) is 0 Å². The van der Waals surface area contributed by atoms with Crippen molar-refractivity contribution in [3.63, 3.8) is 0 Å². The van der Waals surface area contributed by atoms with Crippen molar-refractivity contribution in [1.82, 2.24) is 15.5 Å². The standard InChI is InChI=1S/C6H9N3O2S/c1-4-8-9-5(12-4)3-7-6(10)11-2/h3H2,1-2H3,(H,7,10). The number of carbonyl (C=O) groups is 1. The van der Waals surface area contributed by atoms with E-state index in [-0.39, 0.29) is 0 Å². The van der Waals surface area contributed by atoms with E-state index in [0.717, 1.165) is 10.0 Å². The zero-order valence-electron chi connectivity index (χ0n) is 6.83. The lowest BCUT2D eigenvalue weighted by molar-refractivity contribution is 0.170. The fourth-order valence-corrected chi connectivity index (χ4v) is 1.28. The SMILES string of the molecule is COC(=O)NCc1nnc(C)s1. The zero-order valence-corrected chi connectivity index (χ0v) is 7.64. The molecule has 0 unspecified atom stereocenters. The molecule has 0 bridgehead atoms. The Morgan fingerprint density at radius 2 is 2.42 bits per heavy atom. The fraction of sp³-hybridized carbons (Fsp3) is 0.500. The Bertz CT molecular complexity index is 274. The maximum Gasteiger partial charge on any atom is 0.407 e. The van der Waals surface area contributed by atoms with Crippen LogP contribution < -0.4 is 5.32 Å². The molecular formula is C6H9N3O2S. The molecule has 66 valence electrons. The first-order valence-electron chi connectivity index (χ1n) is 3.33. The van der Waals surface area contributed by atoms with Gasteiger partial charge in [-0.05, 0) is 6.92 Å². The highest BCUT2D eigenvalue weighted by atomic mass is 32.1. The minimum atomic E-state index is -0.456. The van der Waals surface area contributed by atoms with Crippen molar-refractivity contribution in [3.05, 3.63) is 10.0 Å². The smallest absolute Gasteiger partial charge is 0.407 e. The number of nitrogens with zero attached hydrogens (tertiary/aromatic N) is 2. The summed E-state index contributed by atoms with van der Waals surface area (Å²) in [6, 6.07) is 0. The lowest BCUT2D eigenvalue weighted by atomic mass is 10.7. The second-order valence-corrected chi connectivity index (χ2v) is 3.33.